The number of benzene rings is 2. The van der Waals surface area contributed by atoms with Crippen molar-refractivity contribution in [3.8, 4) is 22.9 Å². The van der Waals surface area contributed by atoms with Crippen LogP contribution < -0.4 is 14.8 Å². The van der Waals surface area contributed by atoms with Crippen molar-refractivity contribution in [1.82, 2.24) is 19.8 Å². The van der Waals surface area contributed by atoms with Gasteiger partial charge >= 0.3 is 0 Å². The lowest BCUT2D eigenvalue weighted by Crippen LogP contribution is -2.42. The lowest BCUT2D eigenvalue weighted by molar-refractivity contribution is -0.126. The van der Waals surface area contributed by atoms with Crippen molar-refractivity contribution in [2.24, 2.45) is 5.92 Å². The van der Waals surface area contributed by atoms with E-state index in [1.165, 1.54) is 4.31 Å². The standard InChI is InChI=1S/C24H26N4O6S/c1-2-22-26-23(27-34-22)17-4-6-19(7-5-17)35(30,31)28-11-9-18(10-12-28)24(29)25-14-16-3-8-20-21(13-16)33-15-32-20/h3-8,13,18H,2,9-12,14-15H2,1H3,(H,25,29). The summed E-state index contributed by atoms with van der Waals surface area (Å²) in [5.41, 5.74) is 1.60. The molecule has 0 aliphatic carbocycles. The number of sulfonamides is 1. The largest absolute Gasteiger partial charge is 0.454 e. The minimum atomic E-state index is -3.66. The molecular formula is C24H26N4O6S. The predicted molar refractivity (Wildman–Crippen MR) is 125 cm³/mol. The zero-order valence-electron chi connectivity index (χ0n) is 19.3. The van der Waals surface area contributed by atoms with E-state index in [9.17, 15) is 13.2 Å². The highest BCUT2D eigenvalue weighted by atomic mass is 32.2. The molecule has 0 spiro atoms. The smallest absolute Gasteiger partial charge is 0.243 e. The molecule has 0 bridgehead atoms. The van der Waals surface area contributed by atoms with Crippen molar-refractivity contribution in [1.29, 1.82) is 0 Å². The molecule has 10 nitrogen and oxygen atoms in total. The number of amides is 1. The highest BCUT2D eigenvalue weighted by Crippen LogP contribution is 2.32. The minimum absolute atomic E-state index is 0.0735. The van der Waals surface area contributed by atoms with Gasteiger partial charge in [0.05, 0.1) is 4.90 Å². The van der Waals surface area contributed by atoms with Gasteiger partial charge in [-0.25, -0.2) is 8.42 Å². The molecule has 3 aromatic rings. The second kappa shape index (κ2) is 9.67. The monoisotopic (exact) mass is 498 g/mol. The Morgan fingerprint density at radius 1 is 1.09 bits per heavy atom. The molecule has 2 aliphatic heterocycles. The summed E-state index contributed by atoms with van der Waals surface area (Å²) >= 11 is 0. The number of nitrogens with one attached hydrogen (secondary N) is 1. The molecule has 1 saturated heterocycles. The van der Waals surface area contributed by atoms with E-state index < -0.39 is 10.0 Å². The molecule has 35 heavy (non-hydrogen) atoms. The van der Waals surface area contributed by atoms with Crippen LogP contribution in [0, 0.1) is 5.92 Å². The average molecular weight is 499 g/mol. The number of aryl methyl sites for hydroxylation is 1. The lowest BCUT2D eigenvalue weighted by Gasteiger charge is -2.30. The molecular weight excluding hydrogens is 472 g/mol. The summed E-state index contributed by atoms with van der Waals surface area (Å²) in [6.07, 6.45) is 1.56. The van der Waals surface area contributed by atoms with E-state index in [0.717, 1.165) is 5.56 Å². The Balaban J connectivity index is 1.15. The molecule has 1 N–H and O–H groups in total. The Hall–Kier alpha value is -3.44. The van der Waals surface area contributed by atoms with Gasteiger partial charge in [-0.1, -0.05) is 18.1 Å². The SMILES string of the molecule is CCc1nc(-c2ccc(S(=O)(=O)N3CCC(C(=O)NCc4ccc5c(c4)OCO5)CC3)cc2)no1. The Morgan fingerprint density at radius 3 is 2.54 bits per heavy atom. The maximum atomic E-state index is 13.1. The third-order valence-corrected chi connectivity index (χ3v) is 8.16. The molecule has 2 aromatic carbocycles. The van der Waals surface area contributed by atoms with Crippen LogP contribution >= 0.6 is 0 Å². The third kappa shape index (κ3) is 4.87. The number of ether oxygens (including phenoxy) is 2. The number of aromatic nitrogens is 2. The van der Waals surface area contributed by atoms with Gasteiger partial charge in [0.15, 0.2) is 11.5 Å². The molecule has 0 radical (unpaired) electrons. The fourth-order valence-corrected chi connectivity index (χ4v) is 5.65. The van der Waals surface area contributed by atoms with Gasteiger partial charge in [-0.15, -0.1) is 0 Å². The van der Waals surface area contributed by atoms with Crippen LogP contribution in [-0.4, -0.2) is 48.7 Å². The number of fused-ring (bicyclic) bond motifs is 1. The lowest BCUT2D eigenvalue weighted by atomic mass is 9.97. The van der Waals surface area contributed by atoms with Gasteiger partial charge < -0.3 is 19.3 Å². The molecule has 184 valence electrons. The molecule has 0 atom stereocenters. The number of nitrogens with zero attached hydrogens (tertiary/aromatic N) is 3. The molecule has 0 unspecified atom stereocenters. The van der Waals surface area contributed by atoms with E-state index in [2.05, 4.69) is 15.5 Å². The van der Waals surface area contributed by atoms with E-state index in [0.29, 0.717) is 54.6 Å². The summed E-state index contributed by atoms with van der Waals surface area (Å²) in [6.45, 7) is 3.07. The van der Waals surface area contributed by atoms with Gasteiger partial charge in [0.25, 0.3) is 0 Å². The second-order valence-corrected chi connectivity index (χ2v) is 10.4. The van der Waals surface area contributed by atoms with Crippen molar-refractivity contribution in [3.63, 3.8) is 0 Å². The van der Waals surface area contributed by atoms with Gasteiger partial charge in [0.1, 0.15) is 0 Å². The van der Waals surface area contributed by atoms with Crippen LogP contribution in [0.15, 0.2) is 51.9 Å². The van der Waals surface area contributed by atoms with Crippen LogP contribution in [0.25, 0.3) is 11.4 Å². The fraction of sp³-hybridized carbons (Fsp3) is 0.375. The maximum Gasteiger partial charge on any atom is 0.243 e. The first-order chi connectivity index (χ1) is 16.9. The Labute approximate surface area is 203 Å². The van der Waals surface area contributed by atoms with Crippen molar-refractivity contribution in [2.75, 3.05) is 19.9 Å². The van der Waals surface area contributed by atoms with E-state index >= 15 is 0 Å². The second-order valence-electron chi connectivity index (χ2n) is 8.47. The fourth-order valence-electron chi connectivity index (χ4n) is 4.18. The van der Waals surface area contributed by atoms with Crippen LogP contribution in [0.1, 0.15) is 31.2 Å². The topological polar surface area (TPSA) is 124 Å². The van der Waals surface area contributed by atoms with Crippen LogP contribution in [0.4, 0.5) is 0 Å². The molecule has 3 heterocycles. The molecule has 2 aliphatic rings. The summed E-state index contributed by atoms with van der Waals surface area (Å²) in [7, 11) is -3.66. The molecule has 1 aromatic heterocycles. The predicted octanol–water partition coefficient (Wildman–Crippen LogP) is 2.74. The van der Waals surface area contributed by atoms with E-state index in [-0.39, 0.29) is 36.6 Å². The third-order valence-electron chi connectivity index (χ3n) is 6.25. The van der Waals surface area contributed by atoms with Crippen LogP contribution in [-0.2, 0) is 27.8 Å². The molecule has 5 rings (SSSR count). The van der Waals surface area contributed by atoms with Gasteiger partial charge in [-0.05, 0) is 54.8 Å². The van der Waals surface area contributed by atoms with Crippen molar-refractivity contribution in [3.05, 3.63) is 53.9 Å². The molecule has 11 heteroatoms. The van der Waals surface area contributed by atoms with Gasteiger partial charge in [0, 0.05) is 37.5 Å². The minimum Gasteiger partial charge on any atom is -0.454 e. The highest BCUT2D eigenvalue weighted by molar-refractivity contribution is 7.89. The van der Waals surface area contributed by atoms with E-state index in [4.69, 9.17) is 14.0 Å². The van der Waals surface area contributed by atoms with Crippen LogP contribution in [0.2, 0.25) is 0 Å². The molecule has 1 fully saturated rings. The number of carbonyl (C=O) groups excluding carboxylic acids is 1. The number of carbonyl (C=O) groups is 1. The van der Waals surface area contributed by atoms with Crippen LogP contribution in [0.5, 0.6) is 11.5 Å². The average Bonchev–Trinajstić information content (AvgIpc) is 3.57. The number of piperidine rings is 1. The first kappa shape index (κ1) is 23.3. The Kier molecular flexibility index (Phi) is 6.44. The van der Waals surface area contributed by atoms with Gasteiger partial charge in [0.2, 0.25) is 34.4 Å². The number of rotatable bonds is 7. The van der Waals surface area contributed by atoms with Gasteiger partial charge in [-0.3, -0.25) is 4.79 Å². The first-order valence-electron chi connectivity index (χ1n) is 11.5. The summed E-state index contributed by atoms with van der Waals surface area (Å²) in [5.74, 6) is 2.02. The van der Waals surface area contributed by atoms with Gasteiger partial charge in [-0.2, -0.15) is 9.29 Å². The van der Waals surface area contributed by atoms with Crippen molar-refractivity contribution < 1.29 is 27.2 Å². The maximum absolute atomic E-state index is 13.1. The van der Waals surface area contributed by atoms with Crippen LogP contribution in [0.3, 0.4) is 0 Å². The summed E-state index contributed by atoms with van der Waals surface area (Å²) < 4.78 is 43.5. The molecule has 0 saturated carbocycles. The number of hydrogen-bond donors (Lipinski definition) is 1. The summed E-state index contributed by atoms with van der Waals surface area (Å²) in [4.78, 5) is 17.1. The zero-order chi connectivity index (χ0) is 24.4. The van der Waals surface area contributed by atoms with Crippen molar-refractivity contribution in [2.45, 2.75) is 37.6 Å². The zero-order valence-corrected chi connectivity index (χ0v) is 20.1. The Morgan fingerprint density at radius 2 is 1.83 bits per heavy atom. The van der Waals surface area contributed by atoms with E-state index in [1.54, 1.807) is 24.3 Å². The first-order valence-corrected chi connectivity index (χ1v) is 13.0. The highest BCUT2D eigenvalue weighted by Gasteiger charge is 2.32. The molecule has 1 amide bonds. The Bertz CT molecular complexity index is 1310. The normalized spacial score (nSPS) is 16.4. The summed E-state index contributed by atoms with van der Waals surface area (Å²) in [5, 5.41) is 6.87. The number of hydrogen-bond acceptors (Lipinski definition) is 8. The van der Waals surface area contributed by atoms with E-state index in [1.807, 2.05) is 25.1 Å². The van der Waals surface area contributed by atoms with Crippen molar-refractivity contribution >= 4 is 15.9 Å². The summed E-state index contributed by atoms with van der Waals surface area (Å²) in [6, 6.07) is 12.0. The quantitative estimate of drug-likeness (QED) is 0.527.